The van der Waals surface area contributed by atoms with Crippen LogP contribution in [0.3, 0.4) is 0 Å². The smallest absolute Gasteiger partial charge is 0.315 e. The van der Waals surface area contributed by atoms with Crippen molar-refractivity contribution in [1.29, 1.82) is 0 Å². The average molecular weight is 723 g/mol. The van der Waals surface area contributed by atoms with Crippen molar-refractivity contribution in [2.45, 2.75) is 110 Å². The summed E-state index contributed by atoms with van der Waals surface area (Å²) in [7, 11) is 0. The van der Waals surface area contributed by atoms with Crippen molar-refractivity contribution < 1.29 is 29.3 Å². The molecule has 3 fully saturated rings. The Morgan fingerprint density at radius 3 is 2.63 bits per heavy atom. The number of aromatic nitrogens is 2. The molecule has 288 valence electrons. The van der Waals surface area contributed by atoms with Gasteiger partial charge in [0.2, 0.25) is 18.1 Å². The van der Waals surface area contributed by atoms with Crippen molar-refractivity contribution in [3.63, 3.8) is 0 Å². The van der Waals surface area contributed by atoms with Crippen LogP contribution in [0.5, 0.6) is 5.88 Å². The number of aromatic amines is 1. The third kappa shape index (κ3) is 11.0. The zero-order chi connectivity index (χ0) is 37.3. The molecule has 0 saturated carbocycles. The van der Waals surface area contributed by atoms with Gasteiger partial charge in [0.15, 0.2) is 0 Å². The molecule has 1 aromatic carbocycles. The molecule has 0 aliphatic carbocycles. The molecule has 5 N–H and O–H groups in total. The molecule has 12 nitrogen and oxygen atoms in total. The Labute approximate surface area is 309 Å². The third-order valence-electron chi connectivity index (χ3n) is 10.9. The summed E-state index contributed by atoms with van der Waals surface area (Å²) in [4.78, 5) is 29.2. The molecule has 52 heavy (non-hydrogen) atoms. The van der Waals surface area contributed by atoms with Crippen LogP contribution >= 0.6 is 0 Å². The van der Waals surface area contributed by atoms with Gasteiger partial charge < -0.3 is 40.1 Å². The summed E-state index contributed by atoms with van der Waals surface area (Å²) >= 11 is 0. The number of nitrogens with zero attached hydrogens (tertiary/aromatic N) is 3. The first-order chi connectivity index (χ1) is 24.9. The lowest BCUT2D eigenvalue weighted by molar-refractivity contribution is -0.186. The second kappa shape index (κ2) is 18.5. The Bertz CT molecular complexity index is 1500. The van der Waals surface area contributed by atoms with Gasteiger partial charge in [-0.3, -0.25) is 9.89 Å². The van der Waals surface area contributed by atoms with E-state index in [-0.39, 0.29) is 36.4 Å². The summed E-state index contributed by atoms with van der Waals surface area (Å²) in [5.41, 5.74) is 5.84. The predicted molar refractivity (Wildman–Crippen MR) is 202 cm³/mol. The van der Waals surface area contributed by atoms with E-state index in [1.165, 1.54) is 29.5 Å². The molecular formula is C40H62N6O6. The van der Waals surface area contributed by atoms with Crippen LogP contribution < -0.4 is 15.4 Å². The number of urea groups is 1. The molecule has 3 amide bonds. The van der Waals surface area contributed by atoms with Crippen molar-refractivity contribution in [1.82, 2.24) is 30.6 Å². The maximum absolute atomic E-state index is 12.8. The fourth-order valence-electron chi connectivity index (χ4n) is 7.83. The number of ether oxygens (including phenoxy) is 2. The number of carbonyl (C=O) groups excluding carboxylic acids is 2. The van der Waals surface area contributed by atoms with Gasteiger partial charge in [-0.2, -0.15) is 0 Å². The number of amides is 3. The normalized spacial score (nSPS) is 22.4. The highest BCUT2D eigenvalue weighted by atomic mass is 16.7. The van der Waals surface area contributed by atoms with E-state index in [2.05, 4.69) is 76.9 Å². The topological polar surface area (TPSA) is 152 Å². The van der Waals surface area contributed by atoms with Crippen molar-refractivity contribution in [3.05, 3.63) is 52.2 Å². The molecule has 3 aliphatic rings. The van der Waals surface area contributed by atoms with Crippen molar-refractivity contribution in [3.8, 4) is 5.88 Å². The first kappa shape index (κ1) is 39.8. The highest BCUT2D eigenvalue weighted by Crippen LogP contribution is 2.40. The first-order valence-corrected chi connectivity index (χ1v) is 19.4. The molecule has 3 unspecified atom stereocenters. The van der Waals surface area contributed by atoms with Crippen molar-refractivity contribution in [2.75, 3.05) is 52.4 Å². The van der Waals surface area contributed by atoms with Crippen LogP contribution in [-0.2, 0) is 16.0 Å². The molecule has 1 aromatic heterocycles. The number of hydrogen-bond acceptors (Lipinski definition) is 8. The molecule has 12 heteroatoms. The van der Waals surface area contributed by atoms with Gasteiger partial charge in [-0.25, -0.2) is 4.79 Å². The van der Waals surface area contributed by atoms with E-state index in [0.29, 0.717) is 37.6 Å². The number of aryl methyl sites for hydroxylation is 1. The van der Waals surface area contributed by atoms with Crippen LogP contribution in [0.25, 0.3) is 6.08 Å². The lowest BCUT2D eigenvalue weighted by Crippen LogP contribution is -2.52. The molecule has 5 rings (SSSR count). The Hall–Kier alpha value is -3.45. The second-order valence-corrected chi connectivity index (χ2v) is 16.0. The van der Waals surface area contributed by atoms with Gasteiger partial charge in [0, 0.05) is 63.2 Å². The number of benzene rings is 1. The molecule has 3 aliphatic heterocycles. The van der Waals surface area contributed by atoms with Gasteiger partial charge in [-0.05, 0) is 79.5 Å². The second-order valence-electron chi connectivity index (χ2n) is 16.0. The Balaban J connectivity index is 1.09. The minimum atomic E-state index is -0.667. The first-order valence-electron chi connectivity index (χ1n) is 19.4. The highest BCUT2D eigenvalue weighted by Gasteiger charge is 2.39. The van der Waals surface area contributed by atoms with E-state index in [9.17, 15) is 19.8 Å². The lowest BCUT2D eigenvalue weighted by Gasteiger charge is -2.47. The van der Waals surface area contributed by atoms with Crippen LogP contribution in [0.4, 0.5) is 4.79 Å². The van der Waals surface area contributed by atoms with Gasteiger partial charge in [0.05, 0.1) is 25.4 Å². The zero-order valence-electron chi connectivity index (χ0n) is 32.0. The summed E-state index contributed by atoms with van der Waals surface area (Å²) < 4.78 is 12.0. The summed E-state index contributed by atoms with van der Waals surface area (Å²) in [6.45, 7) is 15.7. The van der Waals surface area contributed by atoms with E-state index in [1.807, 2.05) is 18.7 Å². The van der Waals surface area contributed by atoms with E-state index in [4.69, 9.17) is 9.47 Å². The standard InChI is InChI=1S/C40H62N6O6/c1-27(2)23-41-39(50)42-24-35(49)46-17-13-40(14-18-46)12-8-16-45(26-40)15-7-6-9-30-10-11-31(29(5)19-30)20-34-37(28(3)4)43-44-38(34)52-36-22-32(48)21-33(25-47)51-36/h6,9-11,19,27-28,32-33,36,47-48H,7-8,12-18,20-26H2,1-5H3,(H,43,44)(H2,41,42,50)/b9-6+. The number of carbonyl (C=O) groups is 2. The van der Waals surface area contributed by atoms with Crippen LogP contribution in [0.1, 0.15) is 107 Å². The quantitative estimate of drug-likeness (QED) is 0.188. The summed E-state index contributed by atoms with van der Waals surface area (Å²) in [6, 6.07) is 6.30. The minimum absolute atomic E-state index is 0.0000432. The highest BCUT2D eigenvalue weighted by molar-refractivity contribution is 5.84. The number of rotatable bonds is 14. The Morgan fingerprint density at radius 2 is 1.92 bits per heavy atom. The van der Waals surface area contributed by atoms with E-state index in [0.717, 1.165) is 63.2 Å². The number of H-pyrrole nitrogens is 1. The summed E-state index contributed by atoms with van der Waals surface area (Å²) in [5.74, 6) is 1.07. The Morgan fingerprint density at radius 1 is 1.13 bits per heavy atom. The SMILES string of the molecule is Cc1cc(/C=C/CCN2CCCC3(CCN(C(=O)CNC(=O)NCC(C)C)CC3)C2)ccc1Cc1c(OC2CC(O)CC(CO)O2)n[nH]c1C(C)C. The molecule has 1 spiro atoms. The van der Waals surface area contributed by atoms with Gasteiger partial charge in [0.1, 0.15) is 0 Å². The van der Waals surface area contributed by atoms with Gasteiger partial charge in [-0.1, -0.05) is 58.0 Å². The maximum atomic E-state index is 12.8. The van der Waals surface area contributed by atoms with Gasteiger partial charge in [-0.15, -0.1) is 5.10 Å². The van der Waals surface area contributed by atoms with Crippen LogP contribution in [0.2, 0.25) is 0 Å². The molecular weight excluding hydrogens is 660 g/mol. The number of aliphatic hydroxyl groups excluding tert-OH is 2. The molecule has 3 atom stereocenters. The monoisotopic (exact) mass is 722 g/mol. The number of piperidine rings is 2. The largest absolute Gasteiger partial charge is 0.446 e. The van der Waals surface area contributed by atoms with E-state index >= 15 is 0 Å². The number of hydrogen-bond donors (Lipinski definition) is 5. The average Bonchev–Trinajstić information content (AvgIpc) is 3.51. The van der Waals surface area contributed by atoms with Crippen molar-refractivity contribution in [2.24, 2.45) is 11.3 Å². The summed E-state index contributed by atoms with van der Waals surface area (Å²) in [5, 5.41) is 33.0. The molecule has 2 aromatic rings. The number of likely N-dealkylation sites (tertiary alicyclic amines) is 2. The molecule has 0 bridgehead atoms. The third-order valence-corrected chi connectivity index (χ3v) is 10.9. The summed E-state index contributed by atoms with van der Waals surface area (Å²) in [6.07, 6.45) is 9.59. The number of nitrogens with one attached hydrogen (secondary N) is 3. The molecule has 3 saturated heterocycles. The fourth-order valence-corrected chi connectivity index (χ4v) is 7.83. The Kier molecular flexibility index (Phi) is 14.2. The predicted octanol–water partition coefficient (Wildman–Crippen LogP) is 4.73. The molecule has 0 radical (unpaired) electrons. The van der Waals surface area contributed by atoms with Crippen LogP contribution in [0.15, 0.2) is 24.3 Å². The van der Waals surface area contributed by atoms with Crippen LogP contribution in [-0.4, -0.2) is 113 Å². The minimum Gasteiger partial charge on any atom is -0.446 e. The number of aliphatic hydroxyl groups is 2. The van der Waals surface area contributed by atoms with E-state index < -0.39 is 18.5 Å². The molecule has 4 heterocycles. The zero-order valence-corrected chi connectivity index (χ0v) is 32.0. The van der Waals surface area contributed by atoms with Gasteiger partial charge >= 0.3 is 6.03 Å². The fraction of sp³-hybridized carbons (Fsp3) is 0.675. The lowest BCUT2D eigenvalue weighted by atomic mass is 9.72. The van der Waals surface area contributed by atoms with Gasteiger partial charge in [0.25, 0.3) is 0 Å². The van der Waals surface area contributed by atoms with Crippen molar-refractivity contribution >= 4 is 18.0 Å². The van der Waals surface area contributed by atoms with Crippen LogP contribution in [0, 0.1) is 18.3 Å². The maximum Gasteiger partial charge on any atom is 0.315 e. The van der Waals surface area contributed by atoms with E-state index in [1.54, 1.807) is 0 Å².